The van der Waals surface area contributed by atoms with E-state index in [0.717, 1.165) is 11.3 Å². The molecule has 1 aromatic carbocycles. The lowest BCUT2D eigenvalue weighted by atomic mass is 10.1. The fourth-order valence-corrected chi connectivity index (χ4v) is 3.19. The molecule has 1 amide bonds. The zero-order valence-corrected chi connectivity index (χ0v) is 14.1. The molecule has 0 N–H and O–H groups in total. The van der Waals surface area contributed by atoms with Crippen molar-refractivity contribution in [3.8, 4) is 5.69 Å². The minimum absolute atomic E-state index is 0.129. The van der Waals surface area contributed by atoms with E-state index in [9.17, 15) is 14.0 Å². The van der Waals surface area contributed by atoms with Crippen LogP contribution in [0.5, 0.6) is 0 Å². The monoisotopic (exact) mass is 349 g/mol. The minimum Gasteiger partial charge on any atom is -0.328 e. The van der Waals surface area contributed by atoms with E-state index in [1.165, 1.54) is 28.8 Å². The molecular weight excluding hydrogens is 333 g/mol. The number of hydrogen-bond acceptors (Lipinski definition) is 3. The Morgan fingerprint density at radius 3 is 2.62 bits per heavy atom. The number of fused-ring (bicyclic) bond motifs is 1. The number of aromatic nitrogens is 2. The number of rotatable bonds is 2. The first-order valence-corrected chi connectivity index (χ1v) is 8.25. The Morgan fingerprint density at radius 1 is 1.12 bits per heavy atom. The number of aryl methyl sites for hydroxylation is 1. The molecular formula is C20H16FN3O2. The van der Waals surface area contributed by atoms with Gasteiger partial charge in [-0.25, -0.2) is 4.39 Å². The largest absolute Gasteiger partial charge is 0.328 e. The van der Waals surface area contributed by atoms with Gasteiger partial charge in [0.2, 0.25) is 0 Å². The second kappa shape index (κ2) is 6.22. The number of amides is 1. The van der Waals surface area contributed by atoms with Crippen molar-refractivity contribution in [2.24, 2.45) is 0 Å². The molecule has 5 nitrogen and oxygen atoms in total. The van der Waals surface area contributed by atoms with Gasteiger partial charge in [-0.1, -0.05) is 6.07 Å². The van der Waals surface area contributed by atoms with Crippen LogP contribution in [-0.4, -0.2) is 20.4 Å². The molecule has 26 heavy (non-hydrogen) atoms. The van der Waals surface area contributed by atoms with Gasteiger partial charge in [-0.15, -0.1) is 0 Å². The van der Waals surface area contributed by atoms with Crippen LogP contribution < -0.4 is 5.56 Å². The van der Waals surface area contributed by atoms with Crippen molar-refractivity contribution in [2.75, 3.05) is 0 Å². The van der Waals surface area contributed by atoms with Crippen molar-refractivity contribution < 1.29 is 9.18 Å². The van der Waals surface area contributed by atoms with Crippen LogP contribution in [0.3, 0.4) is 0 Å². The summed E-state index contributed by atoms with van der Waals surface area (Å²) in [7, 11) is 0. The van der Waals surface area contributed by atoms with E-state index < -0.39 is 5.56 Å². The number of carbonyl (C=O) groups is 1. The molecule has 0 spiro atoms. The molecule has 4 rings (SSSR count). The summed E-state index contributed by atoms with van der Waals surface area (Å²) >= 11 is 0. The fourth-order valence-electron chi connectivity index (χ4n) is 3.19. The van der Waals surface area contributed by atoms with Gasteiger partial charge in [0.25, 0.3) is 11.5 Å². The fraction of sp³-hybridized carbons (Fsp3) is 0.150. The average Bonchev–Trinajstić information content (AvgIpc) is 3.07. The summed E-state index contributed by atoms with van der Waals surface area (Å²) in [5, 5.41) is 0. The van der Waals surface area contributed by atoms with Crippen molar-refractivity contribution in [3.05, 3.63) is 93.4 Å². The van der Waals surface area contributed by atoms with Gasteiger partial charge >= 0.3 is 0 Å². The lowest BCUT2D eigenvalue weighted by molar-refractivity contribution is 0.0747. The number of pyridine rings is 2. The molecule has 1 aliphatic heterocycles. The standard InChI is InChI=1S/C20H16FN3O2/c1-13-8-10-24(16-6-4-15(21)5-7-16)20(26)18(13)19(25)23-11-14-3-2-9-22-17(14)12-23/h2-10H,11-12H2,1H3. The molecule has 0 bridgehead atoms. The molecule has 130 valence electrons. The lowest BCUT2D eigenvalue weighted by Gasteiger charge is -2.17. The third-order valence-corrected chi connectivity index (χ3v) is 4.59. The number of hydrogen-bond donors (Lipinski definition) is 0. The van der Waals surface area contributed by atoms with Gasteiger partial charge in [0.15, 0.2) is 0 Å². The first-order valence-electron chi connectivity index (χ1n) is 8.25. The van der Waals surface area contributed by atoms with Crippen LogP contribution >= 0.6 is 0 Å². The van der Waals surface area contributed by atoms with E-state index >= 15 is 0 Å². The van der Waals surface area contributed by atoms with E-state index in [-0.39, 0.29) is 17.3 Å². The average molecular weight is 349 g/mol. The van der Waals surface area contributed by atoms with Crippen LogP contribution in [0.4, 0.5) is 4.39 Å². The minimum atomic E-state index is -0.412. The van der Waals surface area contributed by atoms with Crippen LogP contribution in [-0.2, 0) is 13.1 Å². The quantitative estimate of drug-likeness (QED) is 0.715. The Morgan fingerprint density at radius 2 is 1.88 bits per heavy atom. The van der Waals surface area contributed by atoms with Gasteiger partial charge in [-0.05, 0) is 54.4 Å². The van der Waals surface area contributed by atoms with Crippen LogP contribution in [0.25, 0.3) is 5.69 Å². The van der Waals surface area contributed by atoms with Crippen LogP contribution in [0.2, 0.25) is 0 Å². The summed E-state index contributed by atoms with van der Waals surface area (Å²) < 4.78 is 14.5. The van der Waals surface area contributed by atoms with Crippen LogP contribution in [0.15, 0.2) is 59.7 Å². The highest BCUT2D eigenvalue weighted by molar-refractivity contribution is 5.95. The van der Waals surface area contributed by atoms with Gasteiger partial charge in [0.1, 0.15) is 11.4 Å². The Bertz CT molecular complexity index is 1030. The highest BCUT2D eigenvalue weighted by Gasteiger charge is 2.28. The molecule has 0 fully saturated rings. The number of benzene rings is 1. The SMILES string of the molecule is Cc1ccn(-c2ccc(F)cc2)c(=O)c1C(=O)N1Cc2cccnc2C1. The third kappa shape index (κ3) is 2.69. The Labute approximate surface area is 149 Å². The smallest absolute Gasteiger partial charge is 0.268 e. The van der Waals surface area contributed by atoms with E-state index in [4.69, 9.17) is 0 Å². The molecule has 3 heterocycles. The summed E-state index contributed by atoms with van der Waals surface area (Å²) in [6, 6.07) is 11.1. The van der Waals surface area contributed by atoms with Gasteiger partial charge in [0, 0.05) is 24.6 Å². The third-order valence-electron chi connectivity index (χ3n) is 4.59. The second-order valence-electron chi connectivity index (χ2n) is 6.30. The first kappa shape index (κ1) is 16.2. The first-order chi connectivity index (χ1) is 12.5. The van der Waals surface area contributed by atoms with Crippen molar-refractivity contribution in [2.45, 2.75) is 20.0 Å². The predicted octanol–water partition coefficient (Wildman–Crippen LogP) is 2.84. The van der Waals surface area contributed by atoms with Crippen molar-refractivity contribution in [1.82, 2.24) is 14.5 Å². The topological polar surface area (TPSA) is 55.2 Å². The molecule has 0 aliphatic carbocycles. The van der Waals surface area contributed by atoms with Gasteiger partial charge < -0.3 is 4.90 Å². The van der Waals surface area contributed by atoms with E-state index in [0.29, 0.717) is 24.3 Å². The van der Waals surface area contributed by atoms with Crippen LogP contribution in [0, 0.1) is 12.7 Å². The lowest BCUT2D eigenvalue weighted by Crippen LogP contribution is -2.34. The van der Waals surface area contributed by atoms with Crippen LogP contribution in [0.1, 0.15) is 27.2 Å². The number of nitrogens with zero attached hydrogens (tertiary/aromatic N) is 3. The number of halogens is 1. The van der Waals surface area contributed by atoms with E-state index in [1.54, 1.807) is 30.3 Å². The molecule has 1 aliphatic rings. The molecule has 0 saturated heterocycles. The molecule has 3 aromatic rings. The van der Waals surface area contributed by atoms with Crippen molar-refractivity contribution in [1.29, 1.82) is 0 Å². The molecule has 2 aromatic heterocycles. The molecule has 0 radical (unpaired) electrons. The van der Waals surface area contributed by atoms with E-state index in [1.807, 2.05) is 12.1 Å². The highest BCUT2D eigenvalue weighted by atomic mass is 19.1. The van der Waals surface area contributed by atoms with E-state index in [2.05, 4.69) is 4.98 Å². The van der Waals surface area contributed by atoms with Gasteiger partial charge in [0.05, 0.1) is 12.2 Å². The Balaban J connectivity index is 1.73. The van der Waals surface area contributed by atoms with Gasteiger partial charge in [-0.3, -0.25) is 19.1 Å². The second-order valence-corrected chi connectivity index (χ2v) is 6.30. The van der Waals surface area contributed by atoms with Crippen molar-refractivity contribution in [3.63, 3.8) is 0 Å². The van der Waals surface area contributed by atoms with Gasteiger partial charge in [-0.2, -0.15) is 0 Å². The maximum atomic E-state index is 13.2. The summed E-state index contributed by atoms with van der Waals surface area (Å²) in [4.78, 5) is 31.9. The predicted molar refractivity (Wildman–Crippen MR) is 94.5 cm³/mol. The maximum Gasteiger partial charge on any atom is 0.268 e. The molecule has 0 atom stereocenters. The zero-order chi connectivity index (χ0) is 18.3. The number of carbonyl (C=O) groups excluding carboxylic acids is 1. The molecule has 6 heteroatoms. The maximum absolute atomic E-state index is 13.2. The summed E-state index contributed by atoms with van der Waals surface area (Å²) in [6.07, 6.45) is 3.30. The van der Waals surface area contributed by atoms with Crippen molar-refractivity contribution >= 4 is 5.91 Å². The Kier molecular flexibility index (Phi) is 3.88. The molecule has 0 unspecified atom stereocenters. The highest BCUT2D eigenvalue weighted by Crippen LogP contribution is 2.22. The normalized spacial score (nSPS) is 12.9. The molecule has 0 saturated carbocycles. The summed E-state index contributed by atoms with van der Waals surface area (Å²) in [5.74, 6) is -0.700. The Hall–Kier alpha value is -3.28. The summed E-state index contributed by atoms with van der Waals surface area (Å²) in [6.45, 7) is 2.57. The summed E-state index contributed by atoms with van der Waals surface area (Å²) in [5.41, 5.74) is 2.69. The zero-order valence-electron chi connectivity index (χ0n) is 14.1.